The van der Waals surface area contributed by atoms with E-state index in [0.717, 1.165) is 0 Å². The van der Waals surface area contributed by atoms with Crippen LogP contribution in [0.25, 0.3) is 0 Å². The molecule has 0 bridgehead atoms. The summed E-state index contributed by atoms with van der Waals surface area (Å²) in [7, 11) is 1.44. The number of rotatable bonds is 15. The summed E-state index contributed by atoms with van der Waals surface area (Å²) in [5.41, 5.74) is 6.23. The lowest BCUT2D eigenvalue weighted by atomic mass is 9.84. The van der Waals surface area contributed by atoms with Crippen LogP contribution in [0.15, 0.2) is 48.5 Å². The number of hydrogen-bond donors (Lipinski definition) is 2. The van der Waals surface area contributed by atoms with Gasteiger partial charge >= 0.3 is 6.18 Å². The Morgan fingerprint density at radius 3 is 2.20 bits per heavy atom. The maximum Gasteiger partial charge on any atom is 0.450 e. The van der Waals surface area contributed by atoms with E-state index in [0.29, 0.717) is 28.3 Å². The molecule has 0 unspecified atom stereocenters. The molecular formula is C29H34ClF3N2O5. The number of nitrogens with two attached hydrogens (primary N) is 1. The Bertz CT molecular complexity index is 1180. The van der Waals surface area contributed by atoms with Gasteiger partial charge in [-0.05, 0) is 55.1 Å². The van der Waals surface area contributed by atoms with Crippen molar-refractivity contribution in [2.75, 3.05) is 13.7 Å². The van der Waals surface area contributed by atoms with Crippen molar-refractivity contribution in [3.8, 4) is 5.75 Å². The number of halogens is 4. The zero-order chi connectivity index (χ0) is 30.0. The maximum atomic E-state index is 13.5. The van der Waals surface area contributed by atoms with Gasteiger partial charge in [-0.1, -0.05) is 49.7 Å². The summed E-state index contributed by atoms with van der Waals surface area (Å²) in [5.74, 6) is -6.57. The predicted octanol–water partition coefficient (Wildman–Crippen LogP) is 5.50. The van der Waals surface area contributed by atoms with Crippen LogP contribution in [0.1, 0.15) is 61.5 Å². The van der Waals surface area contributed by atoms with Crippen LogP contribution in [-0.4, -0.2) is 43.1 Å². The molecule has 0 aliphatic rings. The largest absolute Gasteiger partial charge is 0.497 e. The van der Waals surface area contributed by atoms with Crippen LogP contribution >= 0.6 is 11.6 Å². The van der Waals surface area contributed by atoms with E-state index >= 15 is 0 Å². The predicted molar refractivity (Wildman–Crippen MR) is 145 cm³/mol. The lowest BCUT2D eigenvalue weighted by Gasteiger charge is -2.25. The number of ether oxygens (including phenoxy) is 1. The van der Waals surface area contributed by atoms with Gasteiger partial charge in [0.1, 0.15) is 11.8 Å². The first-order valence-corrected chi connectivity index (χ1v) is 13.2. The average molecular weight is 583 g/mol. The SMILES string of the molecule is COc1ccc([C@H](NC(=O)[C@H](CCCN)CC(=O)c2cccc(Cl)c2)C(=O)C[C@H](C(=O)C(F)(F)F)C(C)C)cc1. The zero-order valence-corrected chi connectivity index (χ0v) is 23.4. The second-order valence-electron chi connectivity index (χ2n) is 9.86. The molecule has 2 aromatic carbocycles. The molecule has 1 amide bonds. The van der Waals surface area contributed by atoms with E-state index in [9.17, 15) is 32.3 Å². The molecule has 11 heteroatoms. The molecule has 0 saturated carbocycles. The van der Waals surface area contributed by atoms with E-state index in [2.05, 4.69) is 5.32 Å². The van der Waals surface area contributed by atoms with Crippen LogP contribution in [0.5, 0.6) is 5.75 Å². The molecule has 0 spiro atoms. The Morgan fingerprint density at radius 2 is 1.68 bits per heavy atom. The van der Waals surface area contributed by atoms with Gasteiger partial charge in [-0.25, -0.2) is 0 Å². The van der Waals surface area contributed by atoms with Crippen LogP contribution in [0, 0.1) is 17.8 Å². The monoisotopic (exact) mass is 582 g/mol. The van der Waals surface area contributed by atoms with Gasteiger partial charge in [0.2, 0.25) is 11.7 Å². The topological polar surface area (TPSA) is 116 Å². The van der Waals surface area contributed by atoms with Crippen molar-refractivity contribution in [2.24, 2.45) is 23.5 Å². The number of benzene rings is 2. The van der Waals surface area contributed by atoms with Gasteiger partial charge < -0.3 is 15.8 Å². The number of ketones is 3. The number of carbonyl (C=O) groups excluding carboxylic acids is 4. The molecule has 0 aliphatic carbocycles. The molecule has 218 valence electrons. The van der Waals surface area contributed by atoms with Crippen LogP contribution < -0.4 is 15.8 Å². The Labute approximate surface area is 236 Å². The van der Waals surface area contributed by atoms with Crippen LogP contribution in [-0.2, 0) is 14.4 Å². The number of methoxy groups -OCH3 is 1. The molecule has 2 aromatic rings. The lowest BCUT2D eigenvalue weighted by molar-refractivity contribution is -0.177. The number of hydrogen-bond acceptors (Lipinski definition) is 6. The quantitative estimate of drug-likeness (QED) is 0.268. The third-order valence-electron chi connectivity index (χ3n) is 6.61. The lowest BCUT2D eigenvalue weighted by Crippen LogP contribution is -2.41. The van der Waals surface area contributed by atoms with E-state index in [-0.39, 0.29) is 25.2 Å². The molecule has 0 aliphatic heterocycles. The summed E-state index contributed by atoms with van der Waals surface area (Å²) >= 11 is 5.99. The Balaban J connectivity index is 2.37. The summed E-state index contributed by atoms with van der Waals surface area (Å²) in [6.45, 7) is 3.10. The molecular weight excluding hydrogens is 549 g/mol. The minimum Gasteiger partial charge on any atom is -0.497 e. The normalized spacial score (nSPS) is 13.8. The summed E-state index contributed by atoms with van der Waals surface area (Å²) in [6.07, 6.45) is -5.39. The fourth-order valence-corrected chi connectivity index (χ4v) is 4.47. The summed E-state index contributed by atoms with van der Waals surface area (Å²) in [6, 6.07) is 11.0. The van der Waals surface area contributed by atoms with Gasteiger partial charge in [-0.15, -0.1) is 0 Å². The first kappa shape index (κ1) is 33.0. The van der Waals surface area contributed by atoms with Gasteiger partial charge in [0.25, 0.3) is 0 Å². The highest BCUT2D eigenvalue weighted by molar-refractivity contribution is 6.31. The highest BCUT2D eigenvalue weighted by Crippen LogP contribution is 2.31. The van der Waals surface area contributed by atoms with Crippen molar-refractivity contribution in [3.63, 3.8) is 0 Å². The van der Waals surface area contributed by atoms with Gasteiger partial charge in [0, 0.05) is 35.3 Å². The second-order valence-corrected chi connectivity index (χ2v) is 10.3. The Morgan fingerprint density at radius 1 is 1.02 bits per heavy atom. The third kappa shape index (κ3) is 9.45. The molecule has 3 atom stereocenters. The standard InChI is InChI=1S/C29H34ClF3N2O5/c1-17(2)23(27(38)29(31,32)33)16-25(37)26(18-9-11-22(40-3)12-10-18)35-28(39)20(7-5-13-34)15-24(36)19-6-4-8-21(30)14-19/h4,6,8-12,14,17,20,23,26H,5,7,13,15-16,34H2,1-3H3,(H,35,39)/t20-,23+,26+/m1/s1. The minimum absolute atomic E-state index is 0.198. The highest BCUT2D eigenvalue weighted by Gasteiger charge is 2.45. The van der Waals surface area contributed by atoms with Gasteiger partial charge in [-0.2, -0.15) is 13.2 Å². The highest BCUT2D eigenvalue weighted by atomic mass is 35.5. The van der Waals surface area contributed by atoms with E-state index in [1.165, 1.54) is 51.3 Å². The number of nitrogens with one attached hydrogen (secondary N) is 1. The van der Waals surface area contributed by atoms with Crippen molar-refractivity contribution in [2.45, 2.75) is 51.7 Å². The fourth-order valence-electron chi connectivity index (χ4n) is 4.28. The Hall–Kier alpha value is -3.24. The van der Waals surface area contributed by atoms with Crippen LogP contribution in [0.4, 0.5) is 13.2 Å². The van der Waals surface area contributed by atoms with Crippen LogP contribution in [0.2, 0.25) is 5.02 Å². The van der Waals surface area contributed by atoms with E-state index < -0.39 is 53.9 Å². The summed E-state index contributed by atoms with van der Waals surface area (Å²) in [4.78, 5) is 51.9. The number of carbonyl (C=O) groups is 4. The second kappa shape index (κ2) is 14.9. The fraction of sp³-hybridized carbons (Fsp3) is 0.448. The Kier molecular flexibility index (Phi) is 12.3. The zero-order valence-electron chi connectivity index (χ0n) is 22.6. The molecule has 0 fully saturated rings. The van der Waals surface area contributed by atoms with E-state index in [1.54, 1.807) is 18.2 Å². The van der Waals surface area contributed by atoms with Crippen molar-refractivity contribution >= 4 is 34.9 Å². The average Bonchev–Trinajstić information content (AvgIpc) is 2.91. The molecule has 0 aromatic heterocycles. The summed E-state index contributed by atoms with van der Waals surface area (Å²) < 4.78 is 44.9. The van der Waals surface area contributed by atoms with Crippen molar-refractivity contribution in [3.05, 3.63) is 64.7 Å². The number of Topliss-reactive ketones (excluding diaryl/α,β-unsaturated/α-hetero) is 3. The molecule has 2 rings (SSSR count). The van der Waals surface area contributed by atoms with Gasteiger partial charge in [-0.3, -0.25) is 19.2 Å². The van der Waals surface area contributed by atoms with Crippen molar-refractivity contribution < 1.29 is 37.1 Å². The molecule has 0 radical (unpaired) electrons. The van der Waals surface area contributed by atoms with Crippen LogP contribution in [0.3, 0.4) is 0 Å². The molecule has 3 N–H and O–H groups in total. The van der Waals surface area contributed by atoms with Gasteiger partial charge in [0.05, 0.1) is 7.11 Å². The molecule has 7 nitrogen and oxygen atoms in total. The van der Waals surface area contributed by atoms with Crippen molar-refractivity contribution in [1.29, 1.82) is 0 Å². The molecule has 0 heterocycles. The first-order chi connectivity index (χ1) is 18.8. The van der Waals surface area contributed by atoms with Gasteiger partial charge in [0.15, 0.2) is 11.6 Å². The minimum atomic E-state index is -5.11. The third-order valence-corrected chi connectivity index (χ3v) is 6.84. The van der Waals surface area contributed by atoms with E-state index in [1.807, 2.05) is 0 Å². The van der Waals surface area contributed by atoms with E-state index in [4.69, 9.17) is 22.1 Å². The maximum absolute atomic E-state index is 13.5. The van der Waals surface area contributed by atoms with Crippen molar-refractivity contribution in [1.82, 2.24) is 5.32 Å². The number of amides is 1. The summed E-state index contributed by atoms with van der Waals surface area (Å²) in [5, 5.41) is 2.98. The molecule has 40 heavy (non-hydrogen) atoms. The number of alkyl halides is 3. The first-order valence-electron chi connectivity index (χ1n) is 12.8. The smallest absolute Gasteiger partial charge is 0.450 e. The molecule has 0 saturated heterocycles.